The van der Waals surface area contributed by atoms with Gasteiger partial charge >= 0.3 is 0 Å². The van der Waals surface area contributed by atoms with E-state index in [0.29, 0.717) is 17.6 Å². The van der Waals surface area contributed by atoms with Crippen LogP contribution in [0.2, 0.25) is 0 Å². The van der Waals surface area contributed by atoms with Crippen molar-refractivity contribution in [1.82, 2.24) is 33.2 Å². The largest absolute Gasteiger partial charge is 0.309 e. The monoisotopic (exact) mass is 893 g/mol. The summed E-state index contributed by atoms with van der Waals surface area (Å²) in [5.41, 5.74) is 13.8. The number of aromatic nitrogens is 7. The van der Waals surface area contributed by atoms with Crippen LogP contribution in [0.1, 0.15) is 0 Å². The Kier molecular flexibility index (Phi) is 8.23. The van der Waals surface area contributed by atoms with E-state index in [2.05, 4.69) is 237 Å². The number of para-hydroxylation sites is 7. The third-order valence-corrected chi connectivity index (χ3v) is 14.2. The molecule has 0 radical (unpaired) electrons. The van der Waals surface area contributed by atoms with Crippen LogP contribution in [-0.4, -0.2) is 33.2 Å². The maximum absolute atomic E-state index is 5.53. The van der Waals surface area contributed by atoms with Crippen LogP contribution in [-0.2, 0) is 0 Å². The third-order valence-electron chi connectivity index (χ3n) is 14.2. The summed E-state index contributed by atoms with van der Waals surface area (Å²) in [6.45, 7) is 0. The number of hydrogen-bond donors (Lipinski definition) is 0. The zero-order valence-electron chi connectivity index (χ0n) is 37.6. The van der Waals surface area contributed by atoms with E-state index in [1.165, 1.54) is 26.9 Å². The molecule has 0 amide bonds. The lowest BCUT2D eigenvalue weighted by Crippen LogP contribution is -2.08. The first-order valence-corrected chi connectivity index (χ1v) is 23.7. The summed E-state index contributed by atoms with van der Waals surface area (Å²) in [6, 6.07) is 84.3. The second-order valence-electron chi connectivity index (χ2n) is 18.0. The van der Waals surface area contributed by atoms with Crippen molar-refractivity contribution in [2.75, 3.05) is 0 Å². The molecule has 7 heteroatoms. The molecule has 0 aliphatic heterocycles. The van der Waals surface area contributed by atoms with Gasteiger partial charge in [-0.2, -0.15) is 9.97 Å². The molecular formula is C63H39N7. The van der Waals surface area contributed by atoms with Crippen LogP contribution in [0, 0.1) is 0 Å². The topological polar surface area (TPSA) is 58.4 Å². The molecule has 0 fully saturated rings. The van der Waals surface area contributed by atoms with E-state index in [1.807, 2.05) is 18.2 Å². The van der Waals surface area contributed by atoms with Gasteiger partial charge in [-0.25, -0.2) is 4.98 Å². The molecule has 0 unspecified atom stereocenters. The first-order valence-electron chi connectivity index (χ1n) is 23.7. The van der Waals surface area contributed by atoms with Gasteiger partial charge in [0.25, 0.3) is 0 Å². The van der Waals surface area contributed by atoms with E-state index >= 15 is 0 Å². The highest BCUT2D eigenvalue weighted by atomic mass is 15.2. The summed E-state index contributed by atoms with van der Waals surface area (Å²) in [4.78, 5) is 16.3. The Balaban J connectivity index is 1.07. The smallest absolute Gasteiger partial charge is 0.238 e. The average molecular weight is 894 g/mol. The fraction of sp³-hybridized carbons (Fsp3) is 0. The summed E-state index contributed by atoms with van der Waals surface area (Å²) in [6.07, 6.45) is 0. The van der Waals surface area contributed by atoms with Crippen molar-refractivity contribution < 1.29 is 0 Å². The third kappa shape index (κ3) is 5.54. The van der Waals surface area contributed by atoms with Gasteiger partial charge in [0.05, 0.1) is 49.8 Å². The molecule has 15 rings (SSSR count). The molecular weight excluding hydrogens is 855 g/mol. The highest BCUT2D eigenvalue weighted by Gasteiger charge is 2.27. The van der Waals surface area contributed by atoms with E-state index in [4.69, 9.17) is 15.0 Å². The minimum atomic E-state index is 0.533. The summed E-state index contributed by atoms with van der Waals surface area (Å²) >= 11 is 0. The van der Waals surface area contributed by atoms with Crippen LogP contribution < -0.4 is 0 Å². The highest BCUT2D eigenvalue weighted by Crippen LogP contribution is 2.46. The first kappa shape index (κ1) is 38.5. The molecule has 0 N–H and O–H groups in total. The van der Waals surface area contributed by atoms with Gasteiger partial charge in [0.15, 0.2) is 11.6 Å². The van der Waals surface area contributed by atoms with E-state index in [-0.39, 0.29) is 0 Å². The fourth-order valence-corrected chi connectivity index (χ4v) is 11.3. The van der Waals surface area contributed by atoms with Crippen molar-refractivity contribution in [2.45, 2.75) is 0 Å². The Morgan fingerprint density at radius 2 is 0.643 bits per heavy atom. The molecule has 70 heavy (non-hydrogen) atoms. The first-order chi connectivity index (χ1) is 34.8. The summed E-state index contributed by atoms with van der Waals surface area (Å²) in [7, 11) is 0. The van der Waals surface area contributed by atoms with Gasteiger partial charge in [0.2, 0.25) is 5.95 Å². The summed E-state index contributed by atoms with van der Waals surface area (Å²) in [5.74, 6) is 1.71. The molecule has 15 aromatic rings. The van der Waals surface area contributed by atoms with Crippen molar-refractivity contribution in [1.29, 1.82) is 0 Å². The number of benzene rings is 10. The normalized spacial score (nSPS) is 12.0. The van der Waals surface area contributed by atoms with Crippen molar-refractivity contribution >= 4 is 87.2 Å². The van der Waals surface area contributed by atoms with E-state index in [9.17, 15) is 0 Å². The van der Waals surface area contributed by atoms with Crippen molar-refractivity contribution in [2.24, 2.45) is 0 Å². The maximum atomic E-state index is 5.53. The molecule has 7 nitrogen and oxygen atoms in total. The van der Waals surface area contributed by atoms with Crippen LogP contribution in [0.5, 0.6) is 0 Å². The molecule has 5 aromatic heterocycles. The standard InChI is InChI=1S/C63H39N7/c1-3-19-40(20-4-1)61-64-62(41-35-37-43(38-36-41)67-51-29-13-7-23-44(51)45-24-8-14-30-52(45)67)66-63(65-61)70-56-34-18-12-28-49(56)58-59-50(48-27-11-15-31-53(48)68(59)42-21-5-2-6-22-42)39-57(60(58)70)69-54-32-16-9-25-46(54)47-26-10-17-33-55(47)69/h1-39H. The molecule has 0 atom stereocenters. The minimum absolute atomic E-state index is 0.533. The van der Waals surface area contributed by atoms with E-state index in [1.54, 1.807) is 0 Å². The molecule has 0 aliphatic carbocycles. The second kappa shape index (κ2) is 15.0. The van der Waals surface area contributed by atoms with Gasteiger partial charge in [-0.15, -0.1) is 0 Å². The fourth-order valence-electron chi connectivity index (χ4n) is 11.3. The quantitative estimate of drug-likeness (QED) is 0.167. The zero-order chi connectivity index (χ0) is 45.9. The lowest BCUT2D eigenvalue weighted by molar-refractivity contribution is 0.950. The van der Waals surface area contributed by atoms with Crippen LogP contribution in [0.25, 0.3) is 133 Å². The average Bonchev–Trinajstić information content (AvgIpc) is 4.17. The molecule has 10 aromatic carbocycles. The van der Waals surface area contributed by atoms with Gasteiger partial charge in [-0.1, -0.05) is 158 Å². The van der Waals surface area contributed by atoms with Gasteiger partial charge in [-0.3, -0.25) is 4.57 Å². The number of fused-ring (bicyclic) bond motifs is 13. The van der Waals surface area contributed by atoms with Crippen LogP contribution in [0.15, 0.2) is 237 Å². The zero-order valence-corrected chi connectivity index (χ0v) is 37.6. The van der Waals surface area contributed by atoms with Gasteiger partial charge in [0.1, 0.15) is 0 Å². The Labute approximate surface area is 401 Å². The molecule has 0 saturated heterocycles. The van der Waals surface area contributed by atoms with Crippen molar-refractivity contribution in [3.8, 4) is 45.8 Å². The Morgan fingerprint density at radius 1 is 0.257 bits per heavy atom. The molecule has 0 aliphatic rings. The van der Waals surface area contributed by atoms with Crippen molar-refractivity contribution in [3.05, 3.63) is 237 Å². The summed E-state index contributed by atoms with van der Waals surface area (Å²) < 4.78 is 9.52. The Hall–Kier alpha value is -9.59. The Morgan fingerprint density at radius 3 is 1.17 bits per heavy atom. The van der Waals surface area contributed by atoms with Gasteiger partial charge in [0, 0.05) is 65.6 Å². The van der Waals surface area contributed by atoms with Crippen LogP contribution in [0.4, 0.5) is 0 Å². The Bertz CT molecular complexity index is 4470. The van der Waals surface area contributed by atoms with Gasteiger partial charge < -0.3 is 13.7 Å². The predicted octanol–water partition coefficient (Wildman–Crippen LogP) is 15.6. The molecule has 326 valence electrons. The number of nitrogens with zero attached hydrogens (tertiary/aromatic N) is 7. The predicted molar refractivity (Wildman–Crippen MR) is 288 cm³/mol. The van der Waals surface area contributed by atoms with E-state index in [0.717, 1.165) is 88.5 Å². The highest BCUT2D eigenvalue weighted by molar-refractivity contribution is 6.28. The maximum Gasteiger partial charge on any atom is 0.238 e. The van der Waals surface area contributed by atoms with E-state index < -0.39 is 0 Å². The number of hydrogen-bond acceptors (Lipinski definition) is 3. The summed E-state index contributed by atoms with van der Waals surface area (Å²) in [5, 5.41) is 9.40. The molecule has 5 heterocycles. The molecule has 0 spiro atoms. The van der Waals surface area contributed by atoms with Crippen molar-refractivity contribution in [3.63, 3.8) is 0 Å². The van der Waals surface area contributed by atoms with Gasteiger partial charge in [-0.05, 0) is 78.9 Å². The lowest BCUT2D eigenvalue weighted by Gasteiger charge is -2.16. The lowest BCUT2D eigenvalue weighted by atomic mass is 10.1. The minimum Gasteiger partial charge on any atom is -0.309 e. The van der Waals surface area contributed by atoms with Crippen LogP contribution in [0.3, 0.4) is 0 Å². The molecule has 0 saturated carbocycles. The van der Waals surface area contributed by atoms with Crippen LogP contribution >= 0.6 is 0 Å². The molecule has 0 bridgehead atoms. The second-order valence-corrected chi connectivity index (χ2v) is 18.0. The SMILES string of the molecule is c1ccc(-c2nc(-c3ccc(-n4c5ccccc5c5ccccc54)cc3)nc(-n3c4ccccc4c4c3c(-n3c5ccccc5c5ccccc53)cc3c5ccccc5n(-c5ccccc5)c34)n2)cc1. The number of rotatable bonds is 6.